The number of aliphatic carboxylic acids is 3. The molecule has 0 aromatic carbocycles. The molecule has 0 saturated carbocycles. The summed E-state index contributed by atoms with van der Waals surface area (Å²) in [4.78, 5) is 28.7. The predicted molar refractivity (Wildman–Crippen MR) is 97.1 cm³/mol. The molecule has 8 nitrogen and oxygen atoms in total. The highest BCUT2D eigenvalue weighted by Gasteiger charge is 1.89. The lowest BCUT2D eigenvalue weighted by atomic mass is 10.5. The second-order valence-corrected chi connectivity index (χ2v) is 4.98. The summed E-state index contributed by atoms with van der Waals surface area (Å²) in [7, 11) is 0. The summed E-state index contributed by atoms with van der Waals surface area (Å²) in [6.45, 7) is 1.39. The SMILES string of the molecule is CC(O)CO.O=C(O)CCS.O=C(O)CCS.O=C(O)CCS. The van der Waals surface area contributed by atoms with Crippen molar-refractivity contribution in [2.45, 2.75) is 32.3 Å². The fourth-order valence-electron chi connectivity index (χ4n) is 0.287. The van der Waals surface area contributed by atoms with Gasteiger partial charge in [0.1, 0.15) is 0 Å². The maximum atomic E-state index is 9.55. The van der Waals surface area contributed by atoms with Crippen LogP contribution in [0.2, 0.25) is 0 Å². The normalized spacial score (nSPS) is 9.65. The molecule has 23 heavy (non-hydrogen) atoms. The van der Waals surface area contributed by atoms with Crippen molar-refractivity contribution in [2.75, 3.05) is 23.9 Å². The van der Waals surface area contributed by atoms with Gasteiger partial charge in [-0.1, -0.05) is 0 Å². The molecule has 0 spiro atoms. The van der Waals surface area contributed by atoms with Crippen molar-refractivity contribution in [1.82, 2.24) is 0 Å². The molecule has 1 atom stereocenters. The largest absolute Gasteiger partial charge is 0.481 e. The number of hydrogen-bond acceptors (Lipinski definition) is 8. The summed E-state index contributed by atoms with van der Waals surface area (Å²) in [6.07, 6.45) is -0.0926. The molecule has 0 amide bonds. The standard InChI is InChI=1S/3C3H6O2S.C3H8O2/c3*4-3(5)1-2-6;1-3(5)2-4/h3*6H,1-2H2,(H,4,5);3-5H,2H2,1H3. The van der Waals surface area contributed by atoms with E-state index in [0.29, 0.717) is 17.3 Å². The molecule has 0 aliphatic rings. The van der Waals surface area contributed by atoms with Crippen molar-refractivity contribution in [3.63, 3.8) is 0 Å². The van der Waals surface area contributed by atoms with Crippen LogP contribution in [0.4, 0.5) is 0 Å². The van der Waals surface area contributed by atoms with Gasteiger partial charge in [-0.05, 0) is 6.92 Å². The number of thiol groups is 3. The summed E-state index contributed by atoms with van der Waals surface area (Å²) in [5.41, 5.74) is 0. The lowest BCUT2D eigenvalue weighted by Crippen LogP contribution is -2.03. The van der Waals surface area contributed by atoms with Crippen LogP contribution in [0.5, 0.6) is 0 Å². The molecule has 140 valence electrons. The first-order chi connectivity index (χ1) is 10.6. The Hall–Kier alpha value is -0.620. The zero-order valence-electron chi connectivity index (χ0n) is 12.8. The monoisotopic (exact) mass is 394 g/mol. The molecule has 0 aliphatic heterocycles. The Bertz CT molecular complexity index is 249. The van der Waals surface area contributed by atoms with E-state index in [1.54, 1.807) is 0 Å². The van der Waals surface area contributed by atoms with Crippen LogP contribution in [0.25, 0.3) is 0 Å². The van der Waals surface area contributed by atoms with Crippen LogP contribution in [0, 0.1) is 0 Å². The van der Waals surface area contributed by atoms with Gasteiger partial charge in [-0.25, -0.2) is 0 Å². The average Bonchev–Trinajstić information content (AvgIpc) is 2.40. The Kier molecular flexibility index (Phi) is 34.6. The molecule has 0 rings (SSSR count). The Morgan fingerprint density at radius 2 is 0.957 bits per heavy atom. The second kappa shape index (κ2) is 26.3. The van der Waals surface area contributed by atoms with Crippen LogP contribution >= 0.6 is 37.9 Å². The van der Waals surface area contributed by atoms with E-state index in [0.717, 1.165) is 0 Å². The van der Waals surface area contributed by atoms with E-state index in [1.165, 1.54) is 6.92 Å². The molecule has 0 aliphatic carbocycles. The first-order valence-electron chi connectivity index (χ1n) is 6.35. The van der Waals surface area contributed by atoms with Gasteiger partial charge in [0, 0.05) is 17.3 Å². The fraction of sp³-hybridized carbons (Fsp3) is 0.750. The van der Waals surface area contributed by atoms with Gasteiger partial charge in [-0.15, -0.1) is 0 Å². The number of carbonyl (C=O) groups is 3. The number of hydrogen-bond donors (Lipinski definition) is 8. The zero-order chi connectivity index (χ0) is 19.3. The molecule has 0 bridgehead atoms. The quantitative estimate of drug-likeness (QED) is 0.291. The topological polar surface area (TPSA) is 152 Å². The van der Waals surface area contributed by atoms with Gasteiger partial charge < -0.3 is 25.5 Å². The Morgan fingerprint density at radius 1 is 0.783 bits per heavy atom. The van der Waals surface area contributed by atoms with E-state index in [-0.39, 0.29) is 25.9 Å². The van der Waals surface area contributed by atoms with Crippen LogP contribution in [0.15, 0.2) is 0 Å². The minimum Gasteiger partial charge on any atom is -0.481 e. The van der Waals surface area contributed by atoms with Gasteiger partial charge in [0.25, 0.3) is 0 Å². The molecular weight excluding hydrogens is 368 g/mol. The van der Waals surface area contributed by atoms with Crippen LogP contribution in [0.1, 0.15) is 26.2 Å². The number of carboxylic acid groups (broad SMARTS) is 3. The van der Waals surface area contributed by atoms with E-state index >= 15 is 0 Å². The van der Waals surface area contributed by atoms with Gasteiger partial charge in [0.05, 0.1) is 32.0 Å². The first kappa shape index (κ1) is 30.3. The van der Waals surface area contributed by atoms with Gasteiger partial charge in [0.15, 0.2) is 0 Å². The number of aliphatic hydroxyl groups is 2. The van der Waals surface area contributed by atoms with Crippen LogP contribution in [-0.4, -0.2) is 73.4 Å². The summed E-state index contributed by atoms with van der Waals surface area (Å²) in [5, 5.41) is 39.6. The average molecular weight is 395 g/mol. The molecule has 11 heteroatoms. The van der Waals surface area contributed by atoms with Gasteiger partial charge in [-0.3, -0.25) is 14.4 Å². The summed E-state index contributed by atoms with van der Waals surface area (Å²) in [5.74, 6) is -1.08. The predicted octanol–water partition coefficient (Wildman–Crippen LogP) is 0.532. The van der Waals surface area contributed by atoms with E-state index in [9.17, 15) is 14.4 Å². The Labute approximate surface area is 152 Å². The lowest BCUT2D eigenvalue weighted by Gasteiger charge is -1.90. The highest BCUT2D eigenvalue weighted by atomic mass is 32.1. The van der Waals surface area contributed by atoms with Crippen molar-refractivity contribution in [1.29, 1.82) is 0 Å². The zero-order valence-corrected chi connectivity index (χ0v) is 15.5. The molecule has 5 N–H and O–H groups in total. The smallest absolute Gasteiger partial charge is 0.304 e. The number of carboxylic acids is 3. The Balaban J connectivity index is -0.000000105. The summed E-state index contributed by atoms with van der Waals surface area (Å²) >= 11 is 11.0. The van der Waals surface area contributed by atoms with Gasteiger partial charge >= 0.3 is 17.9 Å². The molecule has 1 unspecified atom stereocenters. The van der Waals surface area contributed by atoms with Crippen molar-refractivity contribution in [3.8, 4) is 0 Å². The summed E-state index contributed by atoms with van der Waals surface area (Å²) < 4.78 is 0. The molecule has 0 aromatic rings. The highest BCUT2D eigenvalue weighted by molar-refractivity contribution is 7.80. The number of aliphatic hydroxyl groups excluding tert-OH is 2. The molecule has 0 heterocycles. The summed E-state index contributed by atoms with van der Waals surface area (Å²) in [6, 6.07) is 0. The molecular formula is C12H26O8S3. The van der Waals surface area contributed by atoms with Crippen molar-refractivity contribution in [2.24, 2.45) is 0 Å². The second-order valence-electron chi connectivity index (χ2n) is 3.63. The van der Waals surface area contributed by atoms with E-state index in [4.69, 9.17) is 25.5 Å². The number of rotatable bonds is 7. The van der Waals surface area contributed by atoms with E-state index in [1.807, 2.05) is 0 Å². The van der Waals surface area contributed by atoms with E-state index in [2.05, 4.69) is 37.9 Å². The maximum absolute atomic E-state index is 9.55. The van der Waals surface area contributed by atoms with Crippen molar-refractivity contribution < 1.29 is 39.9 Å². The van der Waals surface area contributed by atoms with E-state index < -0.39 is 24.0 Å². The lowest BCUT2D eigenvalue weighted by molar-refractivity contribution is -0.137. The minimum atomic E-state index is -0.787. The Morgan fingerprint density at radius 3 is 0.957 bits per heavy atom. The van der Waals surface area contributed by atoms with Crippen LogP contribution < -0.4 is 0 Å². The van der Waals surface area contributed by atoms with Crippen LogP contribution in [-0.2, 0) is 14.4 Å². The fourth-order valence-corrected chi connectivity index (χ4v) is 0.861. The molecule has 0 saturated heterocycles. The molecule has 0 radical (unpaired) electrons. The van der Waals surface area contributed by atoms with Gasteiger partial charge in [0.2, 0.25) is 0 Å². The van der Waals surface area contributed by atoms with Crippen LogP contribution in [0.3, 0.4) is 0 Å². The third kappa shape index (κ3) is 74.5. The van der Waals surface area contributed by atoms with Gasteiger partial charge in [-0.2, -0.15) is 37.9 Å². The first-order valence-corrected chi connectivity index (χ1v) is 8.25. The molecule has 0 aromatic heterocycles. The minimum absolute atomic E-state index is 0.139. The van der Waals surface area contributed by atoms with Crippen molar-refractivity contribution >= 4 is 55.8 Å². The highest BCUT2D eigenvalue weighted by Crippen LogP contribution is 1.80. The molecule has 0 fully saturated rings. The maximum Gasteiger partial charge on any atom is 0.304 e. The third-order valence-corrected chi connectivity index (χ3v) is 1.91. The van der Waals surface area contributed by atoms with Crippen molar-refractivity contribution in [3.05, 3.63) is 0 Å². The third-order valence-electron chi connectivity index (χ3n) is 1.24.